The van der Waals surface area contributed by atoms with Crippen molar-refractivity contribution in [1.82, 2.24) is 20.0 Å². The van der Waals surface area contributed by atoms with Crippen molar-refractivity contribution < 1.29 is 14.3 Å². The number of fused-ring (bicyclic) bond motifs is 1. The number of nitrogens with zero attached hydrogens (tertiary/aromatic N) is 3. The fourth-order valence-corrected chi connectivity index (χ4v) is 5.29. The number of hydrogen-bond donors (Lipinski definition) is 1. The van der Waals surface area contributed by atoms with E-state index in [4.69, 9.17) is 4.74 Å². The first-order chi connectivity index (χ1) is 18.0. The van der Waals surface area contributed by atoms with E-state index in [9.17, 15) is 9.59 Å². The molecule has 37 heavy (non-hydrogen) atoms. The Labute approximate surface area is 217 Å². The van der Waals surface area contributed by atoms with Crippen molar-refractivity contribution in [2.45, 2.75) is 44.2 Å². The number of rotatable bonds is 9. The van der Waals surface area contributed by atoms with E-state index in [1.54, 1.807) is 22.9 Å². The summed E-state index contributed by atoms with van der Waals surface area (Å²) < 4.78 is 7.36. The molecule has 2 heterocycles. The van der Waals surface area contributed by atoms with Crippen molar-refractivity contribution in [1.29, 1.82) is 0 Å². The predicted molar refractivity (Wildman–Crippen MR) is 144 cm³/mol. The van der Waals surface area contributed by atoms with Crippen LogP contribution in [0.3, 0.4) is 0 Å². The van der Waals surface area contributed by atoms with E-state index in [0.29, 0.717) is 32.2 Å². The van der Waals surface area contributed by atoms with Crippen molar-refractivity contribution in [3.63, 3.8) is 0 Å². The van der Waals surface area contributed by atoms with Gasteiger partial charge in [-0.05, 0) is 60.0 Å². The minimum absolute atomic E-state index is 0.0518. The van der Waals surface area contributed by atoms with Gasteiger partial charge in [0, 0.05) is 49.8 Å². The molecule has 1 N–H and O–H groups in total. The Hall–Kier alpha value is -4.13. The largest absolute Gasteiger partial charge is 0.496 e. The second-order valence-electron chi connectivity index (χ2n) is 9.84. The van der Waals surface area contributed by atoms with Crippen LogP contribution in [0.1, 0.15) is 36.8 Å². The average Bonchev–Trinajstić information content (AvgIpc) is 3.58. The van der Waals surface area contributed by atoms with Gasteiger partial charge in [-0.15, -0.1) is 0 Å². The molecule has 1 saturated heterocycles. The van der Waals surface area contributed by atoms with Crippen molar-refractivity contribution in [2.75, 3.05) is 14.2 Å². The molecule has 0 saturated carbocycles. The van der Waals surface area contributed by atoms with Gasteiger partial charge in [-0.25, -0.2) is 4.68 Å². The van der Waals surface area contributed by atoms with E-state index in [0.717, 1.165) is 39.8 Å². The first-order valence-corrected chi connectivity index (χ1v) is 12.6. The number of benzene rings is 3. The highest BCUT2D eigenvalue weighted by Crippen LogP contribution is 2.35. The summed E-state index contributed by atoms with van der Waals surface area (Å²) in [6, 6.07) is 22.2. The maximum Gasteiger partial charge on any atom is 0.222 e. The quantitative estimate of drug-likeness (QED) is 0.366. The lowest BCUT2D eigenvalue weighted by molar-refractivity contribution is -0.131. The summed E-state index contributed by atoms with van der Waals surface area (Å²) in [5, 5.41) is 9.64. The topological polar surface area (TPSA) is 76.5 Å². The Balaban J connectivity index is 1.26. The van der Waals surface area contributed by atoms with Crippen LogP contribution < -0.4 is 10.1 Å². The molecule has 1 fully saturated rings. The Morgan fingerprint density at radius 2 is 1.86 bits per heavy atom. The molecule has 3 aromatic carbocycles. The van der Waals surface area contributed by atoms with Gasteiger partial charge in [0.05, 0.1) is 12.8 Å². The number of carbonyl (C=O) groups is 2. The lowest BCUT2D eigenvalue weighted by atomic mass is 9.83. The fourth-order valence-electron chi connectivity index (χ4n) is 5.29. The molecule has 1 aliphatic rings. The van der Waals surface area contributed by atoms with E-state index in [-0.39, 0.29) is 11.8 Å². The molecule has 0 unspecified atom stereocenters. The van der Waals surface area contributed by atoms with Crippen LogP contribution >= 0.6 is 0 Å². The molecule has 4 aromatic rings. The van der Waals surface area contributed by atoms with E-state index < -0.39 is 5.54 Å². The van der Waals surface area contributed by atoms with Gasteiger partial charge in [-0.3, -0.25) is 9.59 Å². The summed E-state index contributed by atoms with van der Waals surface area (Å²) in [6.45, 7) is 0.528. The Bertz CT molecular complexity index is 1400. The number of methoxy groups -OCH3 is 1. The average molecular weight is 497 g/mol. The highest BCUT2D eigenvalue weighted by molar-refractivity contribution is 5.91. The number of carbonyl (C=O) groups excluding carboxylic acids is 2. The standard InChI is InChI=1S/C30H32N4O3/c1-33(21-22-8-11-24(12-9-22)34-19-5-18-31-34)29(36)15-17-30(16-14-28(35)32-30)20-23-10-13-27(37-2)26-7-4-3-6-25(23)26/h3-13,18-19H,14-17,20-21H2,1-2H3,(H,32,35)/t30-/m0/s1. The zero-order valence-electron chi connectivity index (χ0n) is 21.3. The Morgan fingerprint density at radius 3 is 2.54 bits per heavy atom. The predicted octanol–water partition coefficient (Wildman–Crippen LogP) is 4.66. The van der Waals surface area contributed by atoms with Gasteiger partial charge in [0.1, 0.15) is 5.75 Å². The van der Waals surface area contributed by atoms with Crippen LogP contribution in [0.15, 0.2) is 79.1 Å². The molecule has 1 aliphatic heterocycles. The van der Waals surface area contributed by atoms with Crippen molar-refractivity contribution in [3.05, 3.63) is 90.3 Å². The molecular formula is C30H32N4O3. The van der Waals surface area contributed by atoms with Crippen molar-refractivity contribution in [2.24, 2.45) is 0 Å². The van der Waals surface area contributed by atoms with E-state index in [1.165, 1.54) is 0 Å². The molecule has 0 spiro atoms. The first-order valence-electron chi connectivity index (χ1n) is 12.6. The molecule has 5 rings (SSSR count). The minimum atomic E-state index is -0.434. The van der Waals surface area contributed by atoms with Crippen LogP contribution in [0.2, 0.25) is 0 Å². The molecule has 0 bridgehead atoms. The third-order valence-corrected chi connectivity index (χ3v) is 7.33. The van der Waals surface area contributed by atoms with E-state index in [2.05, 4.69) is 28.6 Å². The molecule has 2 amide bonds. The Morgan fingerprint density at radius 1 is 1.08 bits per heavy atom. The first kappa shape index (κ1) is 24.6. The molecule has 0 aliphatic carbocycles. The van der Waals surface area contributed by atoms with Crippen LogP contribution in [0.5, 0.6) is 5.75 Å². The lowest BCUT2D eigenvalue weighted by Gasteiger charge is -2.31. The van der Waals surface area contributed by atoms with Gasteiger partial charge in [-0.1, -0.05) is 42.5 Å². The van der Waals surface area contributed by atoms with Gasteiger partial charge in [-0.2, -0.15) is 5.10 Å². The van der Waals surface area contributed by atoms with Gasteiger partial charge >= 0.3 is 0 Å². The molecule has 1 atom stereocenters. The minimum Gasteiger partial charge on any atom is -0.496 e. The molecule has 190 valence electrons. The molecule has 0 radical (unpaired) electrons. The van der Waals surface area contributed by atoms with Crippen LogP contribution in [0.4, 0.5) is 0 Å². The SMILES string of the molecule is COc1ccc(C[C@@]2(CCC(=O)N(C)Cc3ccc(-n4cccn4)cc3)CCC(=O)N2)c2ccccc12. The number of ether oxygens (including phenoxy) is 1. The molecule has 7 heteroatoms. The molecule has 7 nitrogen and oxygen atoms in total. The Kier molecular flexibility index (Phi) is 6.95. The van der Waals surface area contributed by atoms with Gasteiger partial charge in [0.25, 0.3) is 0 Å². The summed E-state index contributed by atoms with van der Waals surface area (Å²) in [5.41, 5.74) is 2.75. The molecule has 1 aromatic heterocycles. The summed E-state index contributed by atoms with van der Waals surface area (Å²) in [7, 11) is 3.51. The zero-order valence-corrected chi connectivity index (χ0v) is 21.3. The highest BCUT2D eigenvalue weighted by atomic mass is 16.5. The second-order valence-corrected chi connectivity index (χ2v) is 9.84. The second kappa shape index (κ2) is 10.5. The number of amides is 2. The van der Waals surface area contributed by atoms with Gasteiger partial charge in [0.2, 0.25) is 11.8 Å². The van der Waals surface area contributed by atoms with Crippen LogP contribution in [-0.4, -0.2) is 46.2 Å². The molecular weight excluding hydrogens is 464 g/mol. The normalized spacial score (nSPS) is 17.1. The smallest absolute Gasteiger partial charge is 0.222 e. The van der Waals surface area contributed by atoms with E-state index >= 15 is 0 Å². The lowest BCUT2D eigenvalue weighted by Crippen LogP contribution is -2.44. The van der Waals surface area contributed by atoms with Crippen LogP contribution in [0, 0.1) is 0 Å². The van der Waals surface area contributed by atoms with Gasteiger partial charge < -0.3 is 15.0 Å². The van der Waals surface area contributed by atoms with E-state index in [1.807, 2.05) is 61.8 Å². The van der Waals surface area contributed by atoms with Crippen molar-refractivity contribution >= 4 is 22.6 Å². The summed E-state index contributed by atoms with van der Waals surface area (Å²) in [4.78, 5) is 27.2. The third-order valence-electron chi connectivity index (χ3n) is 7.33. The number of aromatic nitrogens is 2. The van der Waals surface area contributed by atoms with Gasteiger partial charge in [0.15, 0.2) is 0 Å². The monoisotopic (exact) mass is 496 g/mol. The maximum absolute atomic E-state index is 13.1. The van der Waals surface area contributed by atoms with Crippen molar-refractivity contribution in [3.8, 4) is 11.4 Å². The summed E-state index contributed by atoms with van der Waals surface area (Å²) in [5.74, 6) is 0.950. The summed E-state index contributed by atoms with van der Waals surface area (Å²) >= 11 is 0. The third kappa shape index (κ3) is 5.35. The number of nitrogens with one attached hydrogen (secondary N) is 1. The maximum atomic E-state index is 13.1. The van der Waals surface area contributed by atoms with Crippen LogP contribution in [-0.2, 0) is 22.6 Å². The zero-order chi connectivity index (χ0) is 25.8. The fraction of sp³-hybridized carbons (Fsp3) is 0.300. The highest BCUT2D eigenvalue weighted by Gasteiger charge is 2.38. The number of hydrogen-bond acceptors (Lipinski definition) is 4. The summed E-state index contributed by atoms with van der Waals surface area (Å²) in [6.07, 6.45) is 6.50. The van der Waals surface area contributed by atoms with Crippen LogP contribution in [0.25, 0.3) is 16.5 Å².